The number of hydrogen-bond acceptors (Lipinski definition) is 4. The number of anilines is 1. The van der Waals surface area contributed by atoms with E-state index in [-0.39, 0.29) is 24.3 Å². The number of rotatable bonds is 8. The lowest BCUT2D eigenvalue weighted by Gasteiger charge is -2.33. The lowest BCUT2D eigenvalue weighted by molar-refractivity contribution is -0.127. The largest absolute Gasteiger partial charge is 0.497 e. The Morgan fingerprint density at radius 2 is 1.85 bits per heavy atom. The van der Waals surface area contributed by atoms with E-state index in [1.165, 1.54) is 34.8 Å². The highest BCUT2D eigenvalue weighted by Gasteiger charge is 2.34. The molecule has 2 aromatic carbocycles. The third-order valence-corrected chi connectivity index (χ3v) is 7.03. The molecule has 5 nitrogen and oxygen atoms in total. The molecule has 178 valence electrons. The van der Waals surface area contributed by atoms with Crippen LogP contribution in [-0.4, -0.2) is 25.0 Å². The normalized spacial score (nSPS) is 14.9. The van der Waals surface area contributed by atoms with Gasteiger partial charge in [-0.2, -0.15) is 0 Å². The number of carbonyl (C=O) groups is 2. The van der Waals surface area contributed by atoms with Crippen molar-refractivity contribution >= 4 is 28.8 Å². The molecule has 1 atom stereocenters. The van der Waals surface area contributed by atoms with Crippen LogP contribution in [-0.2, 0) is 16.0 Å². The topological polar surface area (TPSA) is 58.6 Å². The van der Waals surface area contributed by atoms with Crippen LogP contribution in [0.25, 0.3) is 0 Å². The van der Waals surface area contributed by atoms with E-state index in [1.54, 1.807) is 43.5 Å². The first-order chi connectivity index (χ1) is 16.5. The van der Waals surface area contributed by atoms with E-state index >= 15 is 0 Å². The standard InChI is InChI=1S/C27H29FN2O3S/c1-33-23-10-5-9-22(17-23)30(25(31)18-24-11-6-16-34-24)26(19-12-14-20(28)15-13-19)27(32)29-21-7-3-2-4-8-21/h5-6,9-17,21,26H,2-4,7-8,18H2,1H3,(H,29,32)/t26-/m0/s1. The molecule has 0 bridgehead atoms. The predicted molar refractivity (Wildman–Crippen MR) is 133 cm³/mol. The summed E-state index contributed by atoms with van der Waals surface area (Å²) in [7, 11) is 1.56. The first-order valence-corrected chi connectivity index (χ1v) is 12.5. The number of methoxy groups -OCH3 is 1. The van der Waals surface area contributed by atoms with Gasteiger partial charge >= 0.3 is 0 Å². The van der Waals surface area contributed by atoms with Gasteiger partial charge in [0.2, 0.25) is 11.8 Å². The Morgan fingerprint density at radius 1 is 1.09 bits per heavy atom. The molecule has 1 aromatic heterocycles. The van der Waals surface area contributed by atoms with Gasteiger partial charge in [0.15, 0.2) is 0 Å². The summed E-state index contributed by atoms with van der Waals surface area (Å²) in [6.07, 6.45) is 5.31. The summed E-state index contributed by atoms with van der Waals surface area (Å²) in [4.78, 5) is 29.9. The maximum atomic E-state index is 13.8. The van der Waals surface area contributed by atoms with Crippen LogP contribution in [0.4, 0.5) is 10.1 Å². The van der Waals surface area contributed by atoms with Crippen LogP contribution in [0.5, 0.6) is 5.75 Å². The van der Waals surface area contributed by atoms with Crippen molar-refractivity contribution < 1.29 is 18.7 Å². The highest BCUT2D eigenvalue weighted by molar-refractivity contribution is 7.10. The Kier molecular flexibility index (Phi) is 7.95. The van der Waals surface area contributed by atoms with E-state index in [0.717, 1.165) is 30.6 Å². The van der Waals surface area contributed by atoms with Gasteiger partial charge in [-0.15, -0.1) is 11.3 Å². The van der Waals surface area contributed by atoms with E-state index in [1.807, 2.05) is 17.5 Å². The summed E-state index contributed by atoms with van der Waals surface area (Å²) in [6, 6.07) is 15.9. The van der Waals surface area contributed by atoms with Crippen LogP contribution < -0.4 is 15.0 Å². The van der Waals surface area contributed by atoms with Crippen LogP contribution in [0.15, 0.2) is 66.0 Å². The van der Waals surface area contributed by atoms with Gasteiger partial charge in [-0.05, 0) is 54.1 Å². The lowest BCUT2D eigenvalue weighted by Crippen LogP contribution is -2.47. The molecule has 1 N–H and O–H groups in total. The third-order valence-electron chi connectivity index (χ3n) is 6.15. The van der Waals surface area contributed by atoms with Gasteiger partial charge in [0.1, 0.15) is 17.6 Å². The fourth-order valence-corrected chi connectivity index (χ4v) is 5.13. The number of carbonyl (C=O) groups excluding carboxylic acids is 2. The minimum atomic E-state index is -0.943. The minimum Gasteiger partial charge on any atom is -0.497 e. The second-order valence-electron chi connectivity index (χ2n) is 8.52. The van der Waals surface area contributed by atoms with Crippen molar-refractivity contribution in [1.82, 2.24) is 5.32 Å². The molecule has 1 saturated carbocycles. The molecule has 0 spiro atoms. The summed E-state index contributed by atoms with van der Waals surface area (Å²) in [6.45, 7) is 0. The molecule has 2 amide bonds. The SMILES string of the molecule is COc1cccc(N(C(=O)Cc2cccs2)[C@H](C(=O)NC2CCCCC2)c2ccc(F)cc2)c1. The number of thiophene rings is 1. The zero-order valence-electron chi connectivity index (χ0n) is 19.2. The summed E-state index contributed by atoms with van der Waals surface area (Å²) < 4.78 is 19.1. The number of amides is 2. The molecule has 34 heavy (non-hydrogen) atoms. The van der Waals surface area contributed by atoms with E-state index in [4.69, 9.17) is 4.74 Å². The molecule has 0 aliphatic heterocycles. The molecular weight excluding hydrogens is 451 g/mol. The van der Waals surface area contributed by atoms with Crippen molar-refractivity contribution in [2.24, 2.45) is 0 Å². The van der Waals surface area contributed by atoms with Crippen LogP contribution >= 0.6 is 11.3 Å². The van der Waals surface area contributed by atoms with E-state index < -0.39 is 11.9 Å². The molecule has 0 unspecified atom stereocenters. The van der Waals surface area contributed by atoms with Crippen molar-refractivity contribution in [1.29, 1.82) is 0 Å². The average molecular weight is 481 g/mol. The zero-order valence-corrected chi connectivity index (χ0v) is 20.0. The van der Waals surface area contributed by atoms with Crippen LogP contribution in [0.1, 0.15) is 48.6 Å². The predicted octanol–water partition coefficient (Wildman–Crippen LogP) is 5.66. The van der Waals surface area contributed by atoms with Gasteiger partial charge in [0.05, 0.1) is 13.5 Å². The molecule has 3 aromatic rings. The first-order valence-electron chi connectivity index (χ1n) is 11.6. The van der Waals surface area contributed by atoms with Crippen molar-refractivity contribution in [3.8, 4) is 5.75 Å². The number of nitrogens with one attached hydrogen (secondary N) is 1. The second-order valence-corrected chi connectivity index (χ2v) is 9.55. The molecular formula is C27H29FN2O3S. The monoisotopic (exact) mass is 480 g/mol. The average Bonchev–Trinajstić information content (AvgIpc) is 3.36. The lowest BCUT2D eigenvalue weighted by atomic mass is 9.94. The highest BCUT2D eigenvalue weighted by Crippen LogP contribution is 2.32. The summed E-state index contributed by atoms with van der Waals surface area (Å²) in [5, 5.41) is 5.09. The van der Waals surface area contributed by atoms with Crippen molar-refractivity contribution in [2.75, 3.05) is 12.0 Å². The molecule has 0 saturated heterocycles. The molecule has 1 heterocycles. The van der Waals surface area contributed by atoms with Crippen molar-refractivity contribution in [3.63, 3.8) is 0 Å². The number of benzene rings is 2. The number of hydrogen-bond donors (Lipinski definition) is 1. The Bertz CT molecular complexity index is 1100. The Morgan fingerprint density at radius 3 is 2.53 bits per heavy atom. The van der Waals surface area contributed by atoms with Crippen LogP contribution in [0.2, 0.25) is 0 Å². The van der Waals surface area contributed by atoms with E-state index in [2.05, 4.69) is 5.32 Å². The molecule has 7 heteroatoms. The number of halogens is 1. The molecule has 1 fully saturated rings. The van der Waals surface area contributed by atoms with Gasteiger partial charge in [-0.3, -0.25) is 14.5 Å². The van der Waals surface area contributed by atoms with Crippen LogP contribution in [0.3, 0.4) is 0 Å². The summed E-state index contributed by atoms with van der Waals surface area (Å²) >= 11 is 1.50. The van der Waals surface area contributed by atoms with E-state index in [0.29, 0.717) is 17.0 Å². The van der Waals surface area contributed by atoms with Crippen molar-refractivity contribution in [3.05, 3.63) is 82.3 Å². The van der Waals surface area contributed by atoms with Gasteiger partial charge in [0, 0.05) is 22.7 Å². The fraction of sp³-hybridized carbons (Fsp3) is 0.333. The Balaban J connectivity index is 1.75. The summed E-state index contributed by atoms with van der Waals surface area (Å²) in [5.41, 5.74) is 1.10. The summed E-state index contributed by atoms with van der Waals surface area (Å²) in [5.74, 6) is -0.297. The molecule has 1 aliphatic rings. The molecule has 1 aliphatic carbocycles. The van der Waals surface area contributed by atoms with Crippen LogP contribution in [0, 0.1) is 5.82 Å². The van der Waals surface area contributed by atoms with Gasteiger partial charge < -0.3 is 10.1 Å². The Labute approximate surface area is 203 Å². The first kappa shape index (κ1) is 24.0. The maximum absolute atomic E-state index is 13.8. The fourth-order valence-electron chi connectivity index (χ4n) is 4.43. The number of nitrogens with zero attached hydrogens (tertiary/aromatic N) is 1. The number of ether oxygens (including phenoxy) is 1. The molecule has 4 rings (SSSR count). The van der Waals surface area contributed by atoms with E-state index in [9.17, 15) is 14.0 Å². The van der Waals surface area contributed by atoms with Gasteiger partial charge in [-0.1, -0.05) is 43.5 Å². The van der Waals surface area contributed by atoms with Crippen molar-refractivity contribution in [2.45, 2.75) is 50.6 Å². The zero-order chi connectivity index (χ0) is 23.9. The smallest absolute Gasteiger partial charge is 0.248 e. The quantitative estimate of drug-likeness (QED) is 0.453. The molecule has 0 radical (unpaired) electrons. The maximum Gasteiger partial charge on any atom is 0.248 e. The minimum absolute atomic E-state index is 0.0729. The third kappa shape index (κ3) is 5.83. The Hall–Kier alpha value is -3.19. The van der Waals surface area contributed by atoms with Gasteiger partial charge in [0.25, 0.3) is 0 Å². The van der Waals surface area contributed by atoms with Gasteiger partial charge in [-0.25, -0.2) is 4.39 Å². The second kappa shape index (κ2) is 11.3. The highest BCUT2D eigenvalue weighted by atomic mass is 32.1.